The van der Waals surface area contributed by atoms with Gasteiger partial charge in [-0.3, -0.25) is 9.59 Å². The zero-order chi connectivity index (χ0) is 12.1. The van der Waals surface area contributed by atoms with Crippen LogP contribution in [0.15, 0.2) is 36.5 Å². The molecule has 0 aliphatic carbocycles. The second kappa shape index (κ2) is 5.02. The number of hydrogen-bond acceptors (Lipinski definition) is 4. The lowest BCUT2D eigenvalue weighted by atomic mass is 10.3. The summed E-state index contributed by atoms with van der Waals surface area (Å²) >= 11 is 0. The number of aromatic nitrogens is 3. The first-order chi connectivity index (χ1) is 8.28. The molecule has 1 amide bonds. The number of hydrogen-bond donors (Lipinski definition) is 1. The number of carbonyl (C=O) groups excluding carboxylic acids is 2. The van der Waals surface area contributed by atoms with Crippen LogP contribution in [0.4, 0.5) is 5.69 Å². The van der Waals surface area contributed by atoms with Crippen molar-refractivity contribution in [3.05, 3.63) is 42.2 Å². The van der Waals surface area contributed by atoms with Crippen molar-refractivity contribution in [2.45, 2.75) is 6.54 Å². The summed E-state index contributed by atoms with van der Waals surface area (Å²) in [6.45, 7) is 0.0235. The highest BCUT2D eigenvalue weighted by Gasteiger charge is 2.05. The fourth-order valence-corrected chi connectivity index (χ4v) is 1.31. The lowest BCUT2D eigenvalue weighted by Gasteiger charge is -2.03. The van der Waals surface area contributed by atoms with Gasteiger partial charge in [0, 0.05) is 5.69 Å². The van der Waals surface area contributed by atoms with E-state index in [0.29, 0.717) is 12.0 Å². The number of anilines is 1. The summed E-state index contributed by atoms with van der Waals surface area (Å²) in [5.41, 5.74) is 0.922. The Morgan fingerprint density at radius 1 is 1.35 bits per heavy atom. The van der Waals surface area contributed by atoms with E-state index in [4.69, 9.17) is 0 Å². The molecule has 0 aliphatic heterocycles. The summed E-state index contributed by atoms with van der Waals surface area (Å²) in [7, 11) is 0. The van der Waals surface area contributed by atoms with Crippen LogP contribution in [0.2, 0.25) is 0 Å². The highest BCUT2D eigenvalue weighted by molar-refractivity contribution is 5.90. The van der Waals surface area contributed by atoms with Crippen LogP contribution < -0.4 is 5.32 Å². The molecule has 0 atom stereocenters. The third kappa shape index (κ3) is 2.97. The van der Waals surface area contributed by atoms with Gasteiger partial charge in [0.25, 0.3) is 0 Å². The first kappa shape index (κ1) is 11.0. The molecule has 0 fully saturated rings. The van der Waals surface area contributed by atoms with E-state index in [0.717, 1.165) is 0 Å². The quantitative estimate of drug-likeness (QED) is 0.785. The highest BCUT2D eigenvalue weighted by atomic mass is 16.2. The maximum Gasteiger partial charge on any atom is 0.246 e. The monoisotopic (exact) mass is 230 g/mol. The molecule has 1 aromatic heterocycles. The third-order valence-electron chi connectivity index (χ3n) is 2.04. The summed E-state index contributed by atoms with van der Waals surface area (Å²) in [6.07, 6.45) is 2.00. The van der Waals surface area contributed by atoms with Crippen LogP contribution in [0, 0.1) is 0 Å². The number of amides is 1. The number of aldehydes is 1. The number of rotatable bonds is 4. The van der Waals surface area contributed by atoms with Gasteiger partial charge in [0.05, 0.1) is 6.20 Å². The van der Waals surface area contributed by atoms with Gasteiger partial charge in [-0.1, -0.05) is 23.4 Å². The molecule has 0 unspecified atom stereocenters. The standard InChI is InChI=1S/C11H10N4O2/c16-8-10-6-15(14-13-10)7-11(17)12-9-4-2-1-3-5-9/h1-6,8H,7H2,(H,12,17). The van der Waals surface area contributed by atoms with E-state index in [-0.39, 0.29) is 18.1 Å². The summed E-state index contributed by atoms with van der Waals surface area (Å²) in [5.74, 6) is -0.224. The van der Waals surface area contributed by atoms with E-state index < -0.39 is 0 Å². The third-order valence-corrected chi connectivity index (χ3v) is 2.04. The smallest absolute Gasteiger partial charge is 0.246 e. The Hall–Kier alpha value is -2.50. The molecule has 2 aromatic rings. The van der Waals surface area contributed by atoms with Crippen molar-refractivity contribution >= 4 is 17.9 Å². The molecule has 0 bridgehead atoms. The van der Waals surface area contributed by atoms with E-state index in [1.807, 2.05) is 18.2 Å². The van der Waals surface area contributed by atoms with Crippen molar-refractivity contribution in [1.29, 1.82) is 0 Å². The highest BCUT2D eigenvalue weighted by Crippen LogP contribution is 2.04. The normalized spacial score (nSPS) is 9.88. The van der Waals surface area contributed by atoms with Crippen molar-refractivity contribution in [3.8, 4) is 0 Å². The topological polar surface area (TPSA) is 76.9 Å². The molecule has 0 radical (unpaired) electrons. The van der Waals surface area contributed by atoms with Gasteiger partial charge >= 0.3 is 0 Å². The first-order valence-corrected chi connectivity index (χ1v) is 4.98. The van der Waals surface area contributed by atoms with Gasteiger partial charge < -0.3 is 5.32 Å². The second-order valence-electron chi connectivity index (χ2n) is 3.37. The van der Waals surface area contributed by atoms with Crippen LogP contribution >= 0.6 is 0 Å². The molecule has 1 N–H and O–H groups in total. The average molecular weight is 230 g/mol. The number of carbonyl (C=O) groups is 2. The largest absolute Gasteiger partial charge is 0.324 e. The van der Waals surface area contributed by atoms with Crippen molar-refractivity contribution in [2.24, 2.45) is 0 Å². The SMILES string of the molecule is O=Cc1cn(CC(=O)Nc2ccccc2)nn1. The summed E-state index contributed by atoms with van der Waals surface area (Å²) in [4.78, 5) is 22.0. The number of nitrogens with zero attached hydrogens (tertiary/aromatic N) is 3. The number of benzene rings is 1. The molecule has 1 heterocycles. The van der Waals surface area contributed by atoms with Gasteiger partial charge in [0.2, 0.25) is 5.91 Å². The Morgan fingerprint density at radius 2 is 2.12 bits per heavy atom. The van der Waals surface area contributed by atoms with E-state index in [2.05, 4.69) is 15.6 Å². The van der Waals surface area contributed by atoms with Crippen molar-refractivity contribution in [2.75, 3.05) is 5.32 Å². The van der Waals surface area contributed by atoms with E-state index in [1.165, 1.54) is 10.9 Å². The second-order valence-corrected chi connectivity index (χ2v) is 3.37. The lowest BCUT2D eigenvalue weighted by Crippen LogP contribution is -2.19. The zero-order valence-corrected chi connectivity index (χ0v) is 8.91. The van der Waals surface area contributed by atoms with Crippen molar-refractivity contribution in [3.63, 3.8) is 0 Å². The molecule has 17 heavy (non-hydrogen) atoms. The summed E-state index contributed by atoms with van der Waals surface area (Å²) in [5, 5.41) is 9.90. The van der Waals surface area contributed by atoms with Crippen LogP contribution in [-0.2, 0) is 11.3 Å². The Bertz CT molecular complexity index is 521. The minimum absolute atomic E-state index is 0.0235. The first-order valence-electron chi connectivity index (χ1n) is 4.98. The summed E-state index contributed by atoms with van der Waals surface area (Å²) < 4.78 is 1.31. The maximum atomic E-state index is 11.6. The van der Waals surface area contributed by atoms with Crippen LogP contribution in [0.25, 0.3) is 0 Å². The van der Waals surface area contributed by atoms with Crippen LogP contribution in [-0.4, -0.2) is 27.2 Å². The van der Waals surface area contributed by atoms with Gasteiger partial charge in [-0.2, -0.15) is 0 Å². The lowest BCUT2D eigenvalue weighted by molar-refractivity contribution is -0.116. The number of para-hydroxylation sites is 1. The Morgan fingerprint density at radius 3 is 2.76 bits per heavy atom. The molecule has 1 aromatic carbocycles. The molecule has 0 aliphatic rings. The summed E-state index contributed by atoms with van der Waals surface area (Å²) in [6, 6.07) is 9.10. The molecule has 6 nitrogen and oxygen atoms in total. The van der Waals surface area contributed by atoms with Gasteiger partial charge in [-0.05, 0) is 12.1 Å². The van der Waals surface area contributed by atoms with Gasteiger partial charge in [0.1, 0.15) is 12.2 Å². The predicted molar refractivity (Wildman–Crippen MR) is 60.5 cm³/mol. The molecule has 86 valence electrons. The average Bonchev–Trinajstić information content (AvgIpc) is 2.78. The van der Waals surface area contributed by atoms with E-state index in [1.54, 1.807) is 12.1 Å². The predicted octanol–water partition coefficient (Wildman–Crippen LogP) is 0.729. The van der Waals surface area contributed by atoms with Crippen LogP contribution in [0.3, 0.4) is 0 Å². The Labute approximate surface area is 97.3 Å². The van der Waals surface area contributed by atoms with Crippen molar-refractivity contribution < 1.29 is 9.59 Å². The fraction of sp³-hybridized carbons (Fsp3) is 0.0909. The Kier molecular flexibility index (Phi) is 3.25. The van der Waals surface area contributed by atoms with E-state index in [9.17, 15) is 9.59 Å². The molecule has 0 saturated heterocycles. The molecule has 6 heteroatoms. The molecular weight excluding hydrogens is 220 g/mol. The minimum Gasteiger partial charge on any atom is -0.324 e. The Balaban J connectivity index is 1.95. The van der Waals surface area contributed by atoms with Crippen LogP contribution in [0.1, 0.15) is 10.5 Å². The van der Waals surface area contributed by atoms with Crippen LogP contribution in [0.5, 0.6) is 0 Å². The van der Waals surface area contributed by atoms with Gasteiger partial charge in [-0.15, -0.1) is 5.10 Å². The van der Waals surface area contributed by atoms with E-state index >= 15 is 0 Å². The fourth-order valence-electron chi connectivity index (χ4n) is 1.31. The number of nitrogens with one attached hydrogen (secondary N) is 1. The maximum absolute atomic E-state index is 11.6. The molecule has 0 spiro atoms. The minimum atomic E-state index is -0.224. The van der Waals surface area contributed by atoms with Crippen molar-refractivity contribution in [1.82, 2.24) is 15.0 Å². The zero-order valence-electron chi connectivity index (χ0n) is 8.91. The molecule has 0 saturated carbocycles. The van der Waals surface area contributed by atoms with Gasteiger partial charge in [-0.25, -0.2) is 4.68 Å². The molecular formula is C11H10N4O2. The molecule has 2 rings (SSSR count). The van der Waals surface area contributed by atoms with Gasteiger partial charge in [0.15, 0.2) is 6.29 Å².